The fourth-order valence-corrected chi connectivity index (χ4v) is 2.88. The van der Waals surface area contributed by atoms with Crippen LogP contribution >= 0.6 is 0 Å². The minimum Gasteiger partial charge on any atom is -0.504 e. The molecule has 0 saturated carbocycles. The fourth-order valence-electron chi connectivity index (χ4n) is 2.88. The van der Waals surface area contributed by atoms with Gasteiger partial charge < -0.3 is 14.4 Å². The molecular formula is C21H15F3N4O4. The highest BCUT2D eigenvalue weighted by molar-refractivity contribution is 5.90. The lowest BCUT2D eigenvalue weighted by Gasteiger charge is -2.11. The number of alkyl halides is 3. The van der Waals surface area contributed by atoms with Crippen molar-refractivity contribution in [2.75, 3.05) is 0 Å². The van der Waals surface area contributed by atoms with Gasteiger partial charge in [-0.2, -0.15) is 23.3 Å². The second-order valence-corrected chi connectivity index (χ2v) is 6.78. The number of aromatic hydroxyl groups is 1. The number of ether oxygens (including phenoxy) is 1. The van der Waals surface area contributed by atoms with E-state index in [1.165, 1.54) is 12.1 Å². The highest BCUT2D eigenvalue weighted by Gasteiger charge is 2.34. The van der Waals surface area contributed by atoms with Gasteiger partial charge in [0.1, 0.15) is 0 Å². The Hall–Kier alpha value is -4.15. The number of halogens is 3. The van der Waals surface area contributed by atoms with Crippen LogP contribution in [-0.4, -0.2) is 31.0 Å². The highest BCUT2D eigenvalue weighted by atomic mass is 19.4. The first-order valence-electron chi connectivity index (χ1n) is 9.24. The Kier molecular flexibility index (Phi) is 5.39. The van der Waals surface area contributed by atoms with E-state index >= 15 is 0 Å². The van der Waals surface area contributed by atoms with Crippen molar-refractivity contribution in [3.8, 4) is 22.8 Å². The number of aryl methyl sites for hydroxylation is 1. The average molecular weight is 444 g/mol. The van der Waals surface area contributed by atoms with Crippen LogP contribution in [0.15, 0.2) is 59.3 Å². The normalized spacial score (nSPS) is 11.5. The number of aromatic nitrogens is 4. The van der Waals surface area contributed by atoms with Crippen LogP contribution in [0.5, 0.6) is 5.75 Å². The second-order valence-electron chi connectivity index (χ2n) is 6.78. The van der Waals surface area contributed by atoms with E-state index in [0.717, 1.165) is 28.6 Å². The molecule has 0 aliphatic heterocycles. The van der Waals surface area contributed by atoms with Crippen LogP contribution in [0.1, 0.15) is 27.5 Å². The van der Waals surface area contributed by atoms with Gasteiger partial charge >= 0.3 is 12.1 Å². The molecule has 0 atom stereocenters. The lowest BCUT2D eigenvalue weighted by atomic mass is 10.1. The Morgan fingerprint density at radius 1 is 1.16 bits per heavy atom. The molecule has 0 saturated heterocycles. The highest BCUT2D eigenvalue weighted by Crippen LogP contribution is 2.34. The summed E-state index contributed by atoms with van der Waals surface area (Å²) < 4.78 is 50.5. The summed E-state index contributed by atoms with van der Waals surface area (Å²) in [6, 6.07) is 12.0. The number of benzene rings is 2. The predicted molar refractivity (Wildman–Crippen MR) is 104 cm³/mol. The van der Waals surface area contributed by atoms with E-state index in [1.54, 1.807) is 12.1 Å². The van der Waals surface area contributed by atoms with Gasteiger partial charge in [-0.15, -0.1) is 0 Å². The van der Waals surface area contributed by atoms with Crippen molar-refractivity contribution in [3.05, 3.63) is 77.4 Å². The number of hydrogen-bond donors (Lipinski definition) is 1. The molecule has 0 bridgehead atoms. The van der Waals surface area contributed by atoms with E-state index in [1.807, 2.05) is 19.1 Å². The van der Waals surface area contributed by atoms with Crippen molar-refractivity contribution in [1.82, 2.24) is 19.9 Å². The largest absolute Gasteiger partial charge is 0.504 e. The van der Waals surface area contributed by atoms with Crippen molar-refractivity contribution in [2.45, 2.75) is 19.7 Å². The third-order valence-corrected chi connectivity index (χ3v) is 4.45. The minimum absolute atomic E-state index is 0.00438. The molecule has 0 radical (unpaired) electrons. The summed E-state index contributed by atoms with van der Waals surface area (Å²) in [5, 5.41) is 17.6. The van der Waals surface area contributed by atoms with Gasteiger partial charge in [0.15, 0.2) is 12.4 Å². The second kappa shape index (κ2) is 8.17. The first-order chi connectivity index (χ1) is 15.2. The maximum atomic E-state index is 13.2. The monoisotopic (exact) mass is 444 g/mol. The average Bonchev–Trinajstić information content (AvgIpc) is 3.39. The van der Waals surface area contributed by atoms with Crippen LogP contribution in [0.25, 0.3) is 17.1 Å². The maximum Gasteiger partial charge on any atom is 0.418 e. The molecule has 2 heterocycles. The van der Waals surface area contributed by atoms with E-state index in [4.69, 9.17) is 9.26 Å². The van der Waals surface area contributed by atoms with Crippen LogP contribution in [-0.2, 0) is 17.5 Å². The molecule has 0 unspecified atom stereocenters. The molecule has 164 valence electrons. The molecule has 0 aliphatic rings. The molecule has 0 aliphatic carbocycles. The topological polar surface area (TPSA) is 103 Å². The van der Waals surface area contributed by atoms with E-state index in [0.29, 0.717) is 11.4 Å². The van der Waals surface area contributed by atoms with Gasteiger partial charge in [-0.25, -0.2) is 9.48 Å². The number of nitrogens with zero attached hydrogens (tertiary/aromatic N) is 4. The molecule has 4 rings (SSSR count). The molecule has 2 aromatic heterocycles. The Morgan fingerprint density at radius 3 is 2.59 bits per heavy atom. The third-order valence-electron chi connectivity index (χ3n) is 4.45. The first kappa shape index (κ1) is 21.1. The van der Waals surface area contributed by atoms with E-state index in [2.05, 4.69) is 15.2 Å². The van der Waals surface area contributed by atoms with Crippen LogP contribution in [0.3, 0.4) is 0 Å². The number of carbonyl (C=O) groups excluding carboxylic acids is 1. The molecule has 1 N–H and O–H groups in total. The predicted octanol–water partition coefficient (Wildman–Crippen LogP) is 4.31. The Labute approximate surface area is 178 Å². The number of hydrogen-bond acceptors (Lipinski definition) is 7. The van der Waals surface area contributed by atoms with Gasteiger partial charge in [-0.3, -0.25) is 0 Å². The van der Waals surface area contributed by atoms with Gasteiger partial charge in [0.2, 0.25) is 11.5 Å². The standard InChI is InChI=1S/C21H15F3N4O4/c1-12-6-8-13(9-7-12)19-25-17(32-27-19)11-31-20(30)18-16(29)10-28(26-18)15-5-3-2-4-14(15)21(22,23)24/h2-10,29H,11H2,1H3. The van der Waals surface area contributed by atoms with Gasteiger partial charge in [0.05, 0.1) is 17.4 Å². The SMILES string of the molecule is Cc1ccc(-c2noc(COC(=O)c3nn(-c4ccccc4C(F)(F)F)cc3O)n2)cc1. The summed E-state index contributed by atoms with van der Waals surface area (Å²) in [4.78, 5) is 16.4. The number of esters is 1. The maximum absolute atomic E-state index is 13.2. The van der Waals surface area contributed by atoms with Crippen molar-refractivity contribution in [2.24, 2.45) is 0 Å². The molecule has 11 heteroatoms. The molecule has 32 heavy (non-hydrogen) atoms. The Balaban J connectivity index is 1.49. The summed E-state index contributed by atoms with van der Waals surface area (Å²) >= 11 is 0. The van der Waals surface area contributed by atoms with E-state index in [9.17, 15) is 23.1 Å². The quantitative estimate of drug-likeness (QED) is 0.458. The molecular weight excluding hydrogens is 429 g/mol. The molecule has 0 spiro atoms. The smallest absolute Gasteiger partial charge is 0.418 e. The molecule has 2 aromatic carbocycles. The Morgan fingerprint density at radius 2 is 1.88 bits per heavy atom. The van der Waals surface area contributed by atoms with Gasteiger partial charge in [0.25, 0.3) is 5.89 Å². The van der Waals surface area contributed by atoms with E-state index in [-0.39, 0.29) is 11.6 Å². The molecule has 4 aromatic rings. The molecule has 0 fully saturated rings. The van der Waals surface area contributed by atoms with Crippen molar-refractivity contribution >= 4 is 5.97 Å². The third kappa shape index (κ3) is 4.31. The van der Waals surface area contributed by atoms with E-state index < -0.39 is 35.8 Å². The van der Waals surface area contributed by atoms with Crippen molar-refractivity contribution < 1.29 is 32.3 Å². The summed E-state index contributed by atoms with van der Waals surface area (Å²) in [6.45, 7) is 1.52. The zero-order chi connectivity index (χ0) is 22.9. The minimum atomic E-state index is -4.65. The van der Waals surface area contributed by atoms with Crippen LogP contribution in [0, 0.1) is 6.92 Å². The van der Waals surface area contributed by atoms with Gasteiger partial charge in [-0.1, -0.05) is 47.1 Å². The van der Waals surface area contributed by atoms with Crippen molar-refractivity contribution in [1.29, 1.82) is 0 Å². The van der Waals surface area contributed by atoms with Crippen LogP contribution < -0.4 is 0 Å². The lowest BCUT2D eigenvalue weighted by molar-refractivity contribution is -0.137. The summed E-state index contributed by atoms with van der Waals surface area (Å²) in [7, 11) is 0. The Bertz CT molecular complexity index is 1260. The van der Waals surface area contributed by atoms with Gasteiger partial charge in [-0.05, 0) is 19.1 Å². The first-order valence-corrected chi connectivity index (χ1v) is 9.24. The number of carbonyl (C=O) groups is 1. The molecule has 0 amide bonds. The summed E-state index contributed by atoms with van der Waals surface area (Å²) in [6.07, 6.45) is -3.75. The zero-order valence-electron chi connectivity index (χ0n) is 16.5. The zero-order valence-corrected chi connectivity index (χ0v) is 16.5. The van der Waals surface area contributed by atoms with Crippen molar-refractivity contribution in [3.63, 3.8) is 0 Å². The number of rotatable bonds is 5. The fraction of sp³-hybridized carbons (Fsp3) is 0.143. The van der Waals surface area contributed by atoms with Gasteiger partial charge in [0, 0.05) is 5.56 Å². The lowest BCUT2D eigenvalue weighted by Crippen LogP contribution is -2.12. The summed E-state index contributed by atoms with van der Waals surface area (Å²) in [5.41, 5.74) is -0.119. The summed E-state index contributed by atoms with van der Waals surface area (Å²) in [5.74, 6) is -1.42. The molecule has 8 nitrogen and oxygen atoms in total. The van der Waals surface area contributed by atoms with Crippen LogP contribution in [0.4, 0.5) is 13.2 Å². The number of para-hydroxylation sites is 1. The van der Waals surface area contributed by atoms with Crippen LogP contribution in [0.2, 0.25) is 0 Å².